The third-order valence-corrected chi connectivity index (χ3v) is 2.57. The summed E-state index contributed by atoms with van der Waals surface area (Å²) in [5, 5.41) is 2.60. The van der Waals surface area contributed by atoms with Gasteiger partial charge >= 0.3 is 5.97 Å². The third-order valence-electron chi connectivity index (χ3n) is 2.57. The van der Waals surface area contributed by atoms with Crippen LogP contribution in [0.1, 0.15) is 24.2 Å². The second-order valence-electron chi connectivity index (χ2n) is 4.10. The van der Waals surface area contributed by atoms with Crippen LogP contribution in [0.5, 0.6) is 11.5 Å². The molecule has 6 heteroatoms. The molecule has 0 spiro atoms. The maximum atomic E-state index is 12.0. The van der Waals surface area contributed by atoms with E-state index in [1.54, 1.807) is 32.0 Å². The van der Waals surface area contributed by atoms with Crippen LogP contribution in [-0.2, 0) is 9.53 Å². The number of carbonyl (C=O) groups is 2. The number of allylic oxidation sites excluding steroid dienone is 1. The maximum Gasteiger partial charge on any atom is 0.332 e. The van der Waals surface area contributed by atoms with Gasteiger partial charge in [0.25, 0.3) is 5.91 Å². The zero-order valence-corrected chi connectivity index (χ0v) is 11.3. The Labute approximate surface area is 116 Å². The normalized spacial score (nSPS) is 13.0. The van der Waals surface area contributed by atoms with Crippen molar-refractivity contribution in [2.45, 2.75) is 13.8 Å². The third kappa shape index (κ3) is 3.28. The maximum absolute atomic E-state index is 12.0. The van der Waals surface area contributed by atoms with Crippen LogP contribution < -0.4 is 14.8 Å². The fourth-order valence-corrected chi connectivity index (χ4v) is 1.69. The number of nitrogens with one attached hydrogen (secondary N) is 1. The SMILES string of the molecule is CCOC(=O)/C=C(\C)NC(=O)c1ccc2c(c1)OCO2. The second kappa shape index (κ2) is 6.10. The van der Waals surface area contributed by atoms with E-state index in [0.29, 0.717) is 29.4 Å². The first-order chi connectivity index (χ1) is 9.60. The highest BCUT2D eigenvalue weighted by Crippen LogP contribution is 2.32. The van der Waals surface area contributed by atoms with Crippen LogP contribution in [-0.4, -0.2) is 25.3 Å². The van der Waals surface area contributed by atoms with Crippen molar-refractivity contribution in [3.8, 4) is 11.5 Å². The number of amides is 1. The molecule has 1 N–H and O–H groups in total. The molecule has 0 atom stereocenters. The molecule has 0 fully saturated rings. The fourth-order valence-electron chi connectivity index (χ4n) is 1.69. The smallest absolute Gasteiger partial charge is 0.332 e. The van der Waals surface area contributed by atoms with E-state index < -0.39 is 5.97 Å². The molecular formula is C14H15NO5. The Morgan fingerprint density at radius 1 is 1.35 bits per heavy atom. The lowest BCUT2D eigenvalue weighted by atomic mass is 10.2. The van der Waals surface area contributed by atoms with Gasteiger partial charge in [0, 0.05) is 17.3 Å². The lowest BCUT2D eigenvalue weighted by molar-refractivity contribution is -0.137. The van der Waals surface area contributed by atoms with E-state index in [0.717, 1.165) is 0 Å². The summed E-state index contributed by atoms with van der Waals surface area (Å²) >= 11 is 0. The molecule has 0 unspecified atom stereocenters. The average molecular weight is 277 g/mol. The van der Waals surface area contributed by atoms with Gasteiger partial charge in [-0.15, -0.1) is 0 Å². The topological polar surface area (TPSA) is 73.9 Å². The number of esters is 1. The van der Waals surface area contributed by atoms with Crippen LogP contribution in [0.3, 0.4) is 0 Å². The molecule has 20 heavy (non-hydrogen) atoms. The molecule has 1 heterocycles. The predicted molar refractivity (Wildman–Crippen MR) is 70.4 cm³/mol. The summed E-state index contributed by atoms with van der Waals surface area (Å²) < 4.78 is 15.1. The lowest BCUT2D eigenvalue weighted by Crippen LogP contribution is -2.22. The molecule has 106 valence electrons. The molecule has 0 bridgehead atoms. The zero-order chi connectivity index (χ0) is 14.5. The Morgan fingerprint density at radius 3 is 2.85 bits per heavy atom. The molecule has 1 aliphatic rings. The summed E-state index contributed by atoms with van der Waals surface area (Å²) in [6.45, 7) is 3.77. The Bertz CT molecular complexity index is 565. The van der Waals surface area contributed by atoms with Gasteiger partial charge in [-0.25, -0.2) is 4.79 Å². The Hall–Kier alpha value is -2.50. The van der Waals surface area contributed by atoms with Crippen molar-refractivity contribution in [1.29, 1.82) is 0 Å². The van der Waals surface area contributed by atoms with Crippen LogP contribution in [0.2, 0.25) is 0 Å². The van der Waals surface area contributed by atoms with Gasteiger partial charge in [-0.1, -0.05) is 0 Å². The highest BCUT2D eigenvalue weighted by atomic mass is 16.7. The van der Waals surface area contributed by atoms with Gasteiger partial charge in [0.2, 0.25) is 6.79 Å². The predicted octanol–water partition coefficient (Wildman–Crippen LogP) is 1.61. The first-order valence-corrected chi connectivity index (χ1v) is 6.16. The molecule has 0 saturated carbocycles. The molecule has 0 aromatic heterocycles. The van der Waals surface area contributed by atoms with Crippen LogP contribution in [0, 0.1) is 0 Å². The Balaban J connectivity index is 2.03. The molecule has 1 aliphatic heterocycles. The quantitative estimate of drug-likeness (QED) is 0.668. The molecule has 0 aliphatic carbocycles. The van der Waals surface area contributed by atoms with Gasteiger partial charge in [0.15, 0.2) is 11.5 Å². The number of ether oxygens (including phenoxy) is 3. The highest BCUT2D eigenvalue weighted by molar-refractivity contribution is 5.96. The van der Waals surface area contributed by atoms with E-state index in [1.165, 1.54) is 6.08 Å². The van der Waals surface area contributed by atoms with Gasteiger partial charge in [-0.2, -0.15) is 0 Å². The van der Waals surface area contributed by atoms with Crippen molar-refractivity contribution in [2.24, 2.45) is 0 Å². The molecule has 1 aromatic carbocycles. The van der Waals surface area contributed by atoms with Crippen LogP contribution in [0.4, 0.5) is 0 Å². The van der Waals surface area contributed by atoms with Gasteiger partial charge in [0.05, 0.1) is 6.61 Å². The standard InChI is InChI=1S/C14H15NO5/c1-3-18-13(16)6-9(2)15-14(17)10-4-5-11-12(7-10)20-8-19-11/h4-7H,3,8H2,1-2H3,(H,15,17)/b9-6+. The lowest BCUT2D eigenvalue weighted by Gasteiger charge is -2.06. The minimum atomic E-state index is -0.490. The van der Waals surface area contributed by atoms with Crippen molar-refractivity contribution in [2.75, 3.05) is 13.4 Å². The molecular weight excluding hydrogens is 262 g/mol. The molecule has 1 amide bonds. The van der Waals surface area contributed by atoms with Gasteiger partial charge in [-0.05, 0) is 32.0 Å². The summed E-state index contributed by atoms with van der Waals surface area (Å²) in [5.41, 5.74) is 0.831. The largest absolute Gasteiger partial charge is 0.463 e. The van der Waals surface area contributed by atoms with Crippen LogP contribution >= 0.6 is 0 Å². The van der Waals surface area contributed by atoms with Crippen molar-refractivity contribution < 1.29 is 23.8 Å². The number of carbonyl (C=O) groups excluding carboxylic acids is 2. The van der Waals surface area contributed by atoms with Crippen molar-refractivity contribution >= 4 is 11.9 Å². The fraction of sp³-hybridized carbons (Fsp3) is 0.286. The summed E-state index contributed by atoms with van der Waals surface area (Å²) in [5.74, 6) is 0.322. The van der Waals surface area contributed by atoms with E-state index in [4.69, 9.17) is 14.2 Å². The average Bonchev–Trinajstić information content (AvgIpc) is 2.85. The van der Waals surface area contributed by atoms with Crippen molar-refractivity contribution in [3.05, 3.63) is 35.5 Å². The number of fused-ring (bicyclic) bond motifs is 1. The minimum absolute atomic E-state index is 0.155. The first kappa shape index (κ1) is 13.9. The van der Waals surface area contributed by atoms with Gasteiger partial charge in [0.1, 0.15) is 0 Å². The van der Waals surface area contributed by atoms with E-state index in [1.807, 2.05) is 0 Å². The zero-order valence-electron chi connectivity index (χ0n) is 11.3. The van der Waals surface area contributed by atoms with Crippen molar-refractivity contribution in [3.63, 3.8) is 0 Å². The summed E-state index contributed by atoms with van der Waals surface area (Å²) in [6, 6.07) is 4.89. The number of hydrogen-bond donors (Lipinski definition) is 1. The number of rotatable bonds is 4. The van der Waals surface area contributed by atoms with Crippen LogP contribution in [0.15, 0.2) is 30.0 Å². The number of benzene rings is 1. The monoisotopic (exact) mass is 277 g/mol. The van der Waals surface area contributed by atoms with E-state index in [2.05, 4.69) is 5.32 Å². The minimum Gasteiger partial charge on any atom is -0.463 e. The van der Waals surface area contributed by atoms with Gasteiger partial charge < -0.3 is 19.5 Å². The molecule has 2 rings (SSSR count). The Morgan fingerprint density at radius 2 is 2.10 bits per heavy atom. The summed E-state index contributed by atoms with van der Waals surface area (Å²) in [4.78, 5) is 23.2. The summed E-state index contributed by atoms with van der Waals surface area (Å²) in [6.07, 6.45) is 1.23. The molecule has 1 aromatic rings. The number of hydrogen-bond acceptors (Lipinski definition) is 5. The van der Waals surface area contributed by atoms with Crippen LogP contribution in [0.25, 0.3) is 0 Å². The first-order valence-electron chi connectivity index (χ1n) is 6.16. The Kier molecular flexibility index (Phi) is 4.24. The highest BCUT2D eigenvalue weighted by Gasteiger charge is 2.16. The van der Waals surface area contributed by atoms with E-state index in [9.17, 15) is 9.59 Å². The van der Waals surface area contributed by atoms with E-state index in [-0.39, 0.29) is 12.7 Å². The molecule has 0 radical (unpaired) electrons. The van der Waals surface area contributed by atoms with Crippen molar-refractivity contribution in [1.82, 2.24) is 5.32 Å². The second-order valence-corrected chi connectivity index (χ2v) is 4.10. The van der Waals surface area contributed by atoms with E-state index >= 15 is 0 Å². The molecule has 0 saturated heterocycles. The van der Waals surface area contributed by atoms with Gasteiger partial charge in [-0.3, -0.25) is 4.79 Å². The summed E-state index contributed by atoms with van der Waals surface area (Å²) in [7, 11) is 0. The molecule has 6 nitrogen and oxygen atoms in total.